The summed E-state index contributed by atoms with van der Waals surface area (Å²) in [5, 5.41) is 11.0. The Hall–Kier alpha value is -4.01. The Kier molecular flexibility index (Phi) is 11.4. The van der Waals surface area contributed by atoms with Gasteiger partial charge in [0.15, 0.2) is 11.2 Å². The van der Waals surface area contributed by atoms with Crippen LogP contribution < -0.4 is 22.5 Å². The number of fused-ring (bicyclic) bond motifs is 2. The summed E-state index contributed by atoms with van der Waals surface area (Å²) in [6.07, 6.45) is 6.62. The Bertz CT molecular complexity index is 1780. The molecule has 4 aromatic heterocycles. The second-order valence-electron chi connectivity index (χ2n) is 9.94. The summed E-state index contributed by atoms with van der Waals surface area (Å²) in [4.78, 5) is 72.8. The first-order valence-electron chi connectivity index (χ1n) is 14.4. The number of hydrogen-bond donors (Lipinski definition) is 2. The zero-order valence-corrected chi connectivity index (χ0v) is 25.2. The molecule has 0 radical (unpaired) electrons. The summed E-state index contributed by atoms with van der Waals surface area (Å²) in [5.74, 6) is -0.523. The standard InChI is InChI=1S/C13H19ClN4O2.C13H19N5O4/c1-3-5-7-17-10-9(15-12(14)16-10)11(19)18(13(17)20)8-6-4-2;1-3-5-7-16-10-9(14-12(15-10)18(21)22)11(19)17(13(16)20)8-6-4-2/h3-8H2,1-2H3,(H,15,16);3-8H2,1-2H3,(H,14,15). The fraction of sp³-hybridized carbons (Fsp3) is 0.615. The van der Waals surface area contributed by atoms with E-state index in [1.54, 1.807) is 0 Å². The van der Waals surface area contributed by atoms with Crippen molar-refractivity contribution >= 4 is 39.9 Å². The van der Waals surface area contributed by atoms with Gasteiger partial charge in [-0.3, -0.25) is 27.9 Å². The zero-order valence-electron chi connectivity index (χ0n) is 24.4. The van der Waals surface area contributed by atoms with Gasteiger partial charge < -0.3 is 15.1 Å². The molecule has 0 saturated carbocycles. The van der Waals surface area contributed by atoms with Crippen molar-refractivity contribution in [2.45, 2.75) is 105 Å². The summed E-state index contributed by atoms with van der Waals surface area (Å²) < 4.78 is 5.29. The highest BCUT2D eigenvalue weighted by Crippen LogP contribution is 2.13. The lowest BCUT2D eigenvalue weighted by Crippen LogP contribution is -2.40. The molecule has 0 unspecified atom stereocenters. The highest BCUT2D eigenvalue weighted by molar-refractivity contribution is 6.28. The van der Waals surface area contributed by atoms with E-state index in [0.29, 0.717) is 43.8 Å². The fourth-order valence-electron chi connectivity index (χ4n) is 4.44. The van der Waals surface area contributed by atoms with Gasteiger partial charge in [0.2, 0.25) is 10.8 Å². The Morgan fingerprint density at radius 2 is 1.05 bits per heavy atom. The number of nitrogens with zero attached hydrogens (tertiary/aromatic N) is 7. The van der Waals surface area contributed by atoms with Crippen molar-refractivity contribution in [1.29, 1.82) is 0 Å². The predicted octanol–water partition coefficient (Wildman–Crippen LogP) is 3.53. The smallest absolute Gasteiger partial charge is 0.390 e. The van der Waals surface area contributed by atoms with Gasteiger partial charge in [-0.25, -0.2) is 14.6 Å². The Balaban J connectivity index is 0.000000231. The van der Waals surface area contributed by atoms with Crippen molar-refractivity contribution in [3.63, 3.8) is 0 Å². The minimum Gasteiger partial charge on any atom is -0.390 e. The number of rotatable bonds is 13. The summed E-state index contributed by atoms with van der Waals surface area (Å²) >= 11 is 5.84. The summed E-state index contributed by atoms with van der Waals surface area (Å²) in [7, 11) is 0. The lowest BCUT2D eigenvalue weighted by atomic mass is 10.3. The van der Waals surface area contributed by atoms with Gasteiger partial charge in [0.1, 0.15) is 0 Å². The van der Waals surface area contributed by atoms with Crippen molar-refractivity contribution in [2.24, 2.45) is 0 Å². The third-order valence-electron chi connectivity index (χ3n) is 6.80. The van der Waals surface area contributed by atoms with Gasteiger partial charge in [-0.15, -0.1) is 0 Å². The number of hydrogen-bond acceptors (Lipinski definition) is 8. The van der Waals surface area contributed by atoms with Crippen LogP contribution >= 0.6 is 11.6 Å². The van der Waals surface area contributed by atoms with Gasteiger partial charge in [0.05, 0.1) is 0 Å². The van der Waals surface area contributed by atoms with E-state index in [9.17, 15) is 29.3 Å². The van der Waals surface area contributed by atoms with Crippen LogP contribution in [-0.2, 0) is 26.2 Å². The van der Waals surface area contributed by atoms with E-state index in [1.807, 2.05) is 27.7 Å². The van der Waals surface area contributed by atoms with Crippen molar-refractivity contribution < 1.29 is 4.92 Å². The van der Waals surface area contributed by atoms with Crippen LogP contribution in [0.5, 0.6) is 0 Å². The minimum atomic E-state index is -0.704. The first kappa shape index (κ1) is 32.5. The van der Waals surface area contributed by atoms with Crippen LogP contribution in [0.3, 0.4) is 0 Å². The molecule has 0 bridgehead atoms. The van der Waals surface area contributed by atoms with E-state index >= 15 is 0 Å². The Morgan fingerprint density at radius 1 is 0.667 bits per heavy atom. The van der Waals surface area contributed by atoms with Crippen LogP contribution in [0.25, 0.3) is 22.3 Å². The molecule has 0 amide bonds. The van der Waals surface area contributed by atoms with E-state index in [-0.39, 0.29) is 27.7 Å². The number of nitrogens with one attached hydrogen (secondary N) is 2. The predicted molar refractivity (Wildman–Crippen MR) is 161 cm³/mol. The number of aromatic nitrogens is 8. The average Bonchev–Trinajstić information content (AvgIpc) is 3.58. The molecular weight excluding hydrogens is 570 g/mol. The molecule has 0 spiro atoms. The zero-order chi connectivity index (χ0) is 31.0. The molecule has 4 aromatic rings. The lowest BCUT2D eigenvalue weighted by molar-refractivity contribution is -0.393. The first-order valence-corrected chi connectivity index (χ1v) is 14.7. The van der Waals surface area contributed by atoms with Crippen LogP contribution in [0, 0.1) is 10.1 Å². The summed E-state index contributed by atoms with van der Waals surface area (Å²) in [6, 6.07) is 0. The molecule has 0 aliphatic heterocycles. The van der Waals surface area contributed by atoms with E-state index < -0.39 is 22.1 Å². The van der Waals surface area contributed by atoms with Crippen LogP contribution in [0.15, 0.2) is 19.2 Å². The molecule has 0 atom stereocenters. The molecule has 230 valence electrons. The van der Waals surface area contributed by atoms with Crippen molar-refractivity contribution in [2.75, 3.05) is 0 Å². The Labute approximate surface area is 245 Å². The second-order valence-corrected chi connectivity index (χ2v) is 10.3. The second kappa shape index (κ2) is 14.8. The van der Waals surface area contributed by atoms with Gasteiger partial charge in [0, 0.05) is 26.2 Å². The maximum atomic E-state index is 12.5. The van der Waals surface area contributed by atoms with Crippen LogP contribution in [0.2, 0.25) is 5.28 Å². The first-order chi connectivity index (χ1) is 20.1. The third-order valence-corrected chi connectivity index (χ3v) is 6.97. The van der Waals surface area contributed by atoms with Gasteiger partial charge in [-0.2, -0.15) is 4.98 Å². The topological polar surface area (TPSA) is 188 Å². The van der Waals surface area contributed by atoms with Crippen molar-refractivity contribution in [3.05, 3.63) is 57.1 Å². The van der Waals surface area contributed by atoms with Crippen molar-refractivity contribution in [1.82, 2.24) is 38.2 Å². The monoisotopic (exact) mass is 607 g/mol. The molecule has 2 N–H and O–H groups in total. The number of H-pyrrole nitrogens is 2. The number of unbranched alkanes of at least 4 members (excludes halogenated alkanes) is 4. The molecule has 15 nitrogen and oxygen atoms in total. The number of nitro groups is 1. The minimum absolute atomic E-state index is 0.0125. The van der Waals surface area contributed by atoms with Gasteiger partial charge in [-0.05, 0) is 47.2 Å². The van der Waals surface area contributed by atoms with E-state index in [2.05, 4.69) is 19.9 Å². The van der Waals surface area contributed by atoms with Gasteiger partial charge in [-0.1, -0.05) is 53.4 Å². The highest BCUT2D eigenvalue weighted by Gasteiger charge is 2.23. The number of aryl methyl sites for hydroxylation is 2. The molecule has 4 rings (SSSR count). The van der Waals surface area contributed by atoms with Crippen molar-refractivity contribution in [3.8, 4) is 0 Å². The van der Waals surface area contributed by atoms with E-state index in [1.165, 1.54) is 13.7 Å². The van der Waals surface area contributed by atoms with E-state index in [0.717, 1.165) is 49.5 Å². The number of halogens is 1. The van der Waals surface area contributed by atoms with Gasteiger partial charge >= 0.3 is 17.3 Å². The molecule has 16 heteroatoms. The van der Waals surface area contributed by atoms with Crippen LogP contribution in [0.1, 0.15) is 79.1 Å². The molecule has 4 heterocycles. The van der Waals surface area contributed by atoms with Crippen LogP contribution in [0.4, 0.5) is 5.95 Å². The fourth-order valence-corrected chi connectivity index (χ4v) is 4.62. The summed E-state index contributed by atoms with van der Waals surface area (Å²) in [5.41, 5.74) is -0.921. The molecule has 0 aliphatic rings. The molecule has 42 heavy (non-hydrogen) atoms. The third kappa shape index (κ3) is 6.89. The quantitative estimate of drug-likeness (QED) is 0.131. The largest absolute Gasteiger partial charge is 0.435 e. The SMILES string of the molecule is CCCCn1c(=O)c2[nH]c(Cl)nc2n(CCCC)c1=O.CCCCn1c(=O)c2[nH]c([N+](=O)[O-])nc2n(CCCC)c1=O. The lowest BCUT2D eigenvalue weighted by Gasteiger charge is -2.10. The average molecular weight is 608 g/mol. The van der Waals surface area contributed by atoms with E-state index in [4.69, 9.17) is 11.6 Å². The molecular formula is C26H38ClN9O6. The molecule has 0 aliphatic carbocycles. The van der Waals surface area contributed by atoms with Crippen LogP contribution in [-0.4, -0.2) is 43.1 Å². The molecule has 0 saturated heterocycles. The normalized spacial score (nSPS) is 11.3. The highest BCUT2D eigenvalue weighted by atomic mass is 35.5. The van der Waals surface area contributed by atoms with Gasteiger partial charge in [0.25, 0.3) is 16.8 Å². The summed E-state index contributed by atoms with van der Waals surface area (Å²) in [6.45, 7) is 9.64. The number of imidazole rings is 2. The maximum Gasteiger partial charge on any atom is 0.435 e. The molecule has 0 fully saturated rings. The molecule has 0 aromatic carbocycles. The Morgan fingerprint density at radius 3 is 1.45 bits per heavy atom. The number of aromatic amines is 2. The maximum absolute atomic E-state index is 12.5.